The topological polar surface area (TPSA) is 59.3 Å². The van der Waals surface area contributed by atoms with E-state index < -0.39 is 5.97 Å². The summed E-state index contributed by atoms with van der Waals surface area (Å²) in [5.41, 5.74) is 0.603. The summed E-state index contributed by atoms with van der Waals surface area (Å²) in [6.45, 7) is -0.308. The third kappa shape index (κ3) is 2.17. The smallest absolute Gasteiger partial charge is 0.323 e. The van der Waals surface area contributed by atoms with Crippen molar-refractivity contribution in [2.24, 2.45) is 0 Å². The largest absolute Gasteiger partial charge is 0.480 e. The van der Waals surface area contributed by atoms with Crippen LogP contribution in [-0.4, -0.2) is 15.6 Å². The zero-order valence-electron chi connectivity index (χ0n) is 10.6. The SMILES string of the molecule is O=C(O)Cn1c2ccccc2c(=O)c2c(Cl)ccc(Cl)c21. The maximum Gasteiger partial charge on any atom is 0.323 e. The van der Waals surface area contributed by atoms with Crippen LogP contribution in [0.25, 0.3) is 21.8 Å². The average Bonchev–Trinajstić information content (AvgIpc) is 2.46. The Morgan fingerprint density at radius 2 is 1.76 bits per heavy atom. The van der Waals surface area contributed by atoms with Crippen LogP contribution in [-0.2, 0) is 11.3 Å². The van der Waals surface area contributed by atoms with Crippen LogP contribution in [0, 0.1) is 0 Å². The highest BCUT2D eigenvalue weighted by molar-refractivity contribution is 6.40. The predicted molar refractivity (Wildman–Crippen MR) is 83.4 cm³/mol. The third-order valence-corrected chi connectivity index (χ3v) is 3.93. The number of hydrogen-bond acceptors (Lipinski definition) is 2. The molecule has 0 saturated carbocycles. The molecule has 6 heteroatoms. The average molecular weight is 322 g/mol. The Bertz CT molecular complexity index is 947. The molecular formula is C15H9Cl2NO3. The predicted octanol–water partition coefficient (Wildman–Crippen LogP) is 3.55. The summed E-state index contributed by atoms with van der Waals surface area (Å²) in [5.74, 6) is -1.03. The summed E-state index contributed by atoms with van der Waals surface area (Å²) in [6, 6.07) is 9.89. The molecule has 0 aliphatic heterocycles. The van der Waals surface area contributed by atoms with E-state index in [1.54, 1.807) is 30.3 Å². The van der Waals surface area contributed by atoms with Gasteiger partial charge in [0.05, 0.1) is 26.5 Å². The van der Waals surface area contributed by atoms with Crippen LogP contribution >= 0.6 is 23.2 Å². The van der Waals surface area contributed by atoms with Crippen LogP contribution < -0.4 is 5.43 Å². The molecule has 0 spiro atoms. The molecule has 4 nitrogen and oxygen atoms in total. The first-order chi connectivity index (χ1) is 10.0. The number of carboxylic acids is 1. The van der Waals surface area contributed by atoms with Crippen molar-refractivity contribution in [3.8, 4) is 0 Å². The molecule has 0 amide bonds. The van der Waals surface area contributed by atoms with Crippen LogP contribution in [0.3, 0.4) is 0 Å². The molecule has 0 radical (unpaired) electrons. The van der Waals surface area contributed by atoms with Crippen LogP contribution in [0.2, 0.25) is 10.0 Å². The molecule has 1 heterocycles. The Kier molecular flexibility index (Phi) is 3.35. The first-order valence-electron chi connectivity index (χ1n) is 6.11. The molecule has 3 aromatic rings. The molecule has 0 aliphatic rings. The van der Waals surface area contributed by atoms with Crippen molar-refractivity contribution in [3.63, 3.8) is 0 Å². The number of hydrogen-bond donors (Lipinski definition) is 1. The number of carboxylic acid groups (broad SMARTS) is 1. The standard InChI is InChI=1S/C15H9Cl2NO3/c16-9-5-6-10(17)14-13(9)15(21)8-3-1-2-4-11(8)18(14)7-12(19)20/h1-6H,7H2,(H,19,20). The van der Waals surface area contributed by atoms with Gasteiger partial charge in [0.25, 0.3) is 0 Å². The first kappa shape index (κ1) is 13.9. The quantitative estimate of drug-likeness (QED) is 0.734. The minimum absolute atomic E-state index is 0.240. The summed E-state index contributed by atoms with van der Waals surface area (Å²) >= 11 is 12.3. The third-order valence-electron chi connectivity index (χ3n) is 3.31. The van der Waals surface area contributed by atoms with Gasteiger partial charge in [-0.3, -0.25) is 9.59 Å². The molecule has 21 heavy (non-hydrogen) atoms. The molecule has 3 rings (SSSR count). The van der Waals surface area contributed by atoms with Gasteiger partial charge >= 0.3 is 5.97 Å². The minimum atomic E-state index is -1.03. The van der Waals surface area contributed by atoms with Gasteiger partial charge in [-0.05, 0) is 24.3 Å². The Morgan fingerprint density at radius 1 is 1.10 bits per heavy atom. The zero-order valence-corrected chi connectivity index (χ0v) is 12.1. The molecule has 0 fully saturated rings. The number of aromatic nitrogens is 1. The number of rotatable bonds is 2. The lowest BCUT2D eigenvalue weighted by atomic mass is 10.1. The van der Waals surface area contributed by atoms with Crippen molar-refractivity contribution in [2.45, 2.75) is 6.54 Å². The molecule has 2 aromatic carbocycles. The lowest BCUT2D eigenvalue weighted by molar-refractivity contribution is -0.137. The minimum Gasteiger partial charge on any atom is -0.480 e. The number of benzene rings is 2. The van der Waals surface area contributed by atoms with Crippen LogP contribution in [0.5, 0.6) is 0 Å². The Morgan fingerprint density at radius 3 is 2.48 bits per heavy atom. The van der Waals surface area contributed by atoms with Gasteiger partial charge in [-0.1, -0.05) is 35.3 Å². The van der Waals surface area contributed by atoms with Crippen molar-refractivity contribution in [3.05, 3.63) is 56.7 Å². The zero-order chi connectivity index (χ0) is 15.1. The van der Waals surface area contributed by atoms with E-state index in [2.05, 4.69) is 0 Å². The summed E-state index contributed by atoms with van der Waals surface area (Å²) < 4.78 is 1.50. The lowest BCUT2D eigenvalue weighted by Gasteiger charge is -2.15. The van der Waals surface area contributed by atoms with Gasteiger partial charge in [-0.15, -0.1) is 0 Å². The van der Waals surface area contributed by atoms with Crippen molar-refractivity contribution >= 4 is 51.0 Å². The van der Waals surface area contributed by atoms with E-state index in [1.165, 1.54) is 10.6 Å². The molecule has 106 valence electrons. The first-order valence-corrected chi connectivity index (χ1v) is 6.87. The highest BCUT2D eigenvalue weighted by Gasteiger charge is 2.17. The summed E-state index contributed by atoms with van der Waals surface area (Å²) in [7, 11) is 0. The Balaban J connectivity index is 2.65. The second-order valence-electron chi connectivity index (χ2n) is 4.58. The lowest BCUT2D eigenvalue weighted by Crippen LogP contribution is -2.16. The highest BCUT2D eigenvalue weighted by atomic mass is 35.5. The Hall–Kier alpha value is -2.04. The van der Waals surface area contributed by atoms with Gasteiger partial charge < -0.3 is 9.67 Å². The maximum absolute atomic E-state index is 12.6. The van der Waals surface area contributed by atoms with Gasteiger partial charge in [-0.25, -0.2) is 0 Å². The molecule has 0 saturated heterocycles. The van der Waals surface area contributed by atoms with Crippen molar-refractivity contribution in [2.75, 3.05) is 0 Å². The van der Waals surface area contributed by atoms with Crippen LogP contribution in [0.1, 0.15) is 0 Å². The van der Waals surface area contributed by atoms with Crippen molar-refractivity contribution < 1.29 is 9.90 Å². The number of halogens is 2. The Labute approximate surface area is 129 Å². The number of para-hydroxylation sites is 1. The number of aliphatic carboxylic acids is 1. The maximum atomic E-state index is 12.6. The van der Waals surface area contributed by atoms with E-state index in [1.807, 2.05) is 0 Å². The fourth-order valence-corrected chi connectivity index (χ4v) is 2.97. The van der Waals surface area contributed by atoms with Crippen molar-refractivity contribution in [1.29, 1.82) is 0 Å². The van der Waals surface area contributed by atoms with Gasteiger partial charge in [0, 0.05) is 5.39 Å². The van der Waals surface area contributed by atoms with Crippen LogP contribution in [0.15, 0.2) is 41.2 Å². The molecule has 0 aliphatic carbocycles. The number of pyridine rings is 1. The fraction of sp³-hybridized carbons (Fsp3) is 0.0667. The van der Waals surface area contributed by atoms with E-state index in [0.29, 0.717) is 21.4 Å². The molecule has 0 bridgehead atoms. The second-order valence-corrected chi connectivity index (χ2v) is 5.39. The molecule has 0 unspecified atom stereocenters. The number of nitrogens with zero attached hydrogens (tertiary/aromatic N) is 1. The summed E-state index contributed by atoms with van der Waals surface area (Å²) in [5, 5.41) is 10.3. The highest BCUT2D eigenvalue weighted by Crippen LogP contribution is 2.30. The van der Waals surface area contributed by atoms with Gasteiger partial charge in [0.15, 0.2) is 5.43 Å². The number of carbonyl (C=O) groups is 1. The normalized spacial score (nSPS) is 11.1. The van der Waals surface area contributed by atoms with Gasteiger partial charge in [0.1, 0.15) is 6.54 Å². The molecule has 1 N–H and O–H groups in total. The van der Waals surface area contributed by atoms with Crippen LogP contribution in [0.4, 0.5) is 0 Å². The summed E-state index contributed by atoms with van der Waals surface area (Å²) in [4.78, 5) is 23.8. The van der Waals surface area contributed by atoms with E-state index >= 15 is 0 Å². The van der Waals surface area contributed by atoms with E-state index in [4.69, 9.17) is 28.3 Å². The van der Waals surface area contributed by atoms with Gasteiger partial charge in [0.2, 0.25) is 0 Å². The monoisotopic (exact) mass is 321 g/mol. The van der Waals surface area contributed by atoms with E-state index in [-0.39, 0.29) is 22.4 Å². The molecule has 1 aromatic heterocycles. The number of fused-ring (bicyclic) bond motifs is 2. The molecular weight excluding hydrogens is 313 g/mol. The second kappa shape index (κ2) is 5.06. The van der Waals surface area contributed by atoms with Gasteiger partial charge in [-0.2, -0.15) is 0 Å². The van der Waals surface area contributed by atoms with Crippen molar-refractivity contribution in [1.82, 2.24) is 4.57 Å². The van der Waals surface area contributed by atoms with E-state index in [0.717, 1.165) is 0 Å². The fourth-order valence-electron chi connectivity index (χ4n) is 2.48. The molecule has 0 atom stereocenters. The van der Waals surface area contributed by atoms with E-state index in [9.17, 15) is 9.59 Å². The summed E-state index contributed by atoms with van der Waals surface area (Å²) in [6.07, 6.45) is 0.